The molecule has 0 aliphatic heterocycles. The Morgan fingerprint density at radius 1 is 0.889 bits per heavy atom. The first-order valence-corrected chi connectivity index (χ1v) is 8.48. The highest BCUT2D eigenvalue weighted by atomic mass is 19.4. The molecule has 140 valence electrons. The molecule has 0 bridgehead atoms. The number of hydrogen-bond donors (Lipinski definition) is 2. The first-order valence-electron chi connectivity index (χ1n) is 8.48. The van der Waals surface area contributed by atoms with Gasteiger partial charge in [-0.15, -0.1) is 0 Å². The Hall–Kier alpha value is -3.09. The number of benzene rings is 2. The number of nitrogens with one attached hydrogen (secondary N) is 2. The molecular formula is C20H19F3N4. The molecule has 0 aliphatic carbocycles. The van der Waals surface area contributed by atoms with Gasteiger partial charge in [-0.3, -0.25) is 0 Å². The van der Waals surface area contributed by atoms with Crippen LogP contribution in [0.1, 0.15) is 17.0 Å². The number of aromatic nitrogens is 2. The minimum Gasteiger partial charge on any atom is -0.370 e. The number of alkyl halides is 3. The quantitative estimate of drug-likeness (QED) is 0.624. The van der Waals surface area contributed by atoms with Gasteiger partial charge in [-0.2, -0.15) is 13.2 Å². The lowest BCUT2D eigenvalue weighted by molar-refractivity contribution is -0.136. The molecule has 0 unspecified atom stereocenters. The number of halogens is 3. The lowest BCUT2D eigenvalue weighted by Crippen LogP contribution is -2.11. The van der Waals surface area contributed by atoms with Gasteiger partial charge in [0.15, 0.2) is 0 Å². The van der Waals surface area contributed by atoms with Gasteiger partial charge in [0.25, 0.3) is 0 Å². The average molecular weight is 372 g/mol. The van der Waals surface area contributed by atoms with E-state index in [0.29, 0.717) is 24.0 Å². The lowest BCUT2D eigenvalue weighted by atomic mass is 10.1. The molecule has 0 saturated carbocycles. The molecule has 27 heavy (non-hydrogen) atoms. The number of aryl methyl sites for hydroxylation is 1. The van der Waals surface area contributed by atoms with E-state index in [1.807, 2.05) is 30.3 Å². The summed E-state index contributed by atoms with van der Waals surface area (Å²) in [5.74, 6) is 1.33. The molecule has 4 nitrogen and oxygen atoms in total. The van der Waals surface area contributed by atoms with Crippen molar-refractivity contribution in [3.8, 4) is 0 Å². The van der Waals surface area contributed by atoms with Crippen molar-refractivity contribution in [3.63, 3.8) is 0 Å². The van der Waals surface area contributed by atoms with Gasteiger partial charge in [0, 0.05) is 12.6 Å². The summed E-state index contributed by atoms with van der Waals surface area (Å²) in [5.41, 5.74) is 0.409. The monoisotopic (exact) mass is 372 g/mol. The summed E-state index contributed by atoms with van der Waals surface area (Å²) in [5, 5.41) is 5.95. The van der Waals surface area contributed by atoms with Gasteiger partial charge in [0.2, 0.25) is 0 Å². The molecule has 3 aromatic rings. The van der Waals surface area contributed by atoms with Crippen molar-refractivity contribution in [2.75, 3.05) is 17.2 Å². The Labute approximate surface area is 155 Å². The second kappa shape index (κ2) is 8.07. The summed E-state index contributed by atoms with van der Waals surface area (Å²) < 4.78 is 39.5. The largest absolute Gasteiger partial charge is 0.418 e. The van der Waals surface area contributed by atoms with Gasteiger partial charge in [0.1, 0.15) is 17.5 Å². The third-order valence-corrected chi connectivity index (χ3v) is 3.90. The highest BCUT2D eigenvalue weighted by Gasteiger charge is 2.33. The fourth-order valence-electron chi connectivity index (χ4n) is 2.68. The van der Waals surface area contributed by atoms with E-state index in [9.17, 15) is 13.2 Å². The first-order chi connectivity index (χ1) is 12.9. The molecule has 0 spiro atoms. The zero-order valence-electron chi connectivity index (χ0n) is 14.7. The number of rotatable bonds is 6. The number of para-hydroxylation sites is 1. The molecule has 0 amide bonds. The van der Waals surface area contributed by atoms with Crippen molar-refractivity contribution in [2.45, 2.75) is 19.5 Å². The van der Waals surface area contributed by atoms with Gasteiger partial charge in [-0.05, 0) is 31.0 Å². The normalized spacial score (nSPS) is 11.3. The van der Waals surface area contributed by atoms with E-state index in [-0.39, 0.29) is 5.69 Å². The van der Waals surface area contributed by atoms with Crippen molar-refractivity contribution < 1.29 is 13.2 Å². The zero-order valence-corrected chi connectivity index (χ0v) is 14.7. The number of hydrogen-bond acceptors (Lipinski definition) is 4. The standard InChI is InChI=1S/C20H19F3N4/c1-14-25-18(24-12-11-15-7-3-2-4-8-15)13-19(26-14)27-17-10-6-5-9-16(17)20(21,22)23/h2-10,13H,11-12H2,1H3,(H2,24,25,26,27). The van der Waals surface area contributed by atoms with Crippen LogP contribution in [0, 0.1) is 6.92 Å². The third kappa shape index (κ3) is 5.20. The van der Waals surface area contributed by atoms with Gasteiger partial charge in [-0.25, -0.2) is 9.97 Å². The van der Waals surface area contributed by atoms with Crippen LogP contribution in [-0.4, -0.2) is 16.5 Å². The van der Waals surface area contributed by atoms with Crippen LogP contribution in [0.4, 0.5) is 30.5 Å². The van der Waals surface area contributed by atoms with Crippen LogP contribution in [0.25, 0.3) is 0 Å². The Kier molecular flexibility index (Phi) is 5.59. The van der Waals surface area contributed by atoms with Crippen molar-refractivity contribution in [3.05, 3.63) is 77.6 Å². The molecule has 1 heterocycles. The Bertz CT molecular complexity index is 895. The highest BCUT2D eigenvalue weighted by Crippen LogP contribution is 2.35. The molecule has 2 N–H and O–H groups in total. The maximum atomic E-state index is 13.2. The van der Waals surface area contributed by atoms with E-state index in [4.69, 9.17) is 0 Å². The van der Waals surface area contributed by atoms with E-state index < -0.39 is 11.7 Å². The molecule has 0 fully saturated rings. The van der Waals surface area contributed by atoms with Crippen molar-refractivity contribution in [2.24, 2.45) is 0 Å². The zero-order chi connectivity index (χ0) is 19.3. The molecule has 0 aliphatic rings. The highest BCUT2D eigenvalue weighted by molar-refractivity contribution is 5.63. The van der Waals surface area contributed by atoms with Crippen molar-refractivity contribution >= 4 is 17.3 Å². The van der Waals surface area contributed by atoms with Crippen molar-refractivity contribution in [1.82, 2.24) is 9.97 Å². The summed E-state index contributed by atoms with van der Waals surface area (Å²) in [6, 6.07) is 16.9. The number of anilines is 3. The average Bonchev–Trinajstić information content (AvgIpc) is 2.62. The molecular weight excluding hydrogens is 353 g/mol. The van der Waals surface area contributed by atoms with Gasteiger partial charge in [0.05, 0.1) is 11.3 Å². The third-order valence-electron chi connectivity index (χ3n) is 3.90. The first kappa shape index (κ1) is 18.7. The van der Waals surface area contributed by atoms with Crippen LogP contribution in [-0.2, 0) is 12.6 Å². The van der Waals surface area contributed by atoms with Crippen molar-refractivity contribution in [1.29, 1.82) is 0 Å². The Morgan fingerprint density at radius 2 is 1.56 bits per heavy atom. The maximum absolute atomic E-state index is 13.2. The van der Waals surface area contributed by atoms with Gasteiger partial charge < -0.3 is 10.6 Å². The van der Waals surface area contributed by atoms with Crippen LogP contribution in [0.5, 0.6) is 0 Å². The Morgan fingerprint density at radius 3 is 2.30 bits per heavy atom. The summed E-state index contributed by atoms with van der Waals surface area (Å²) in [6.07, 6.45) is -3.63. The van der Waals surface area contributed by atoms with Crippen LogP contribution in [0.15, 0.2) is 60.7 Å². The van der Waals surface area contributed by atoms with Crippen LogP contribution in [0.3, 0.4) is 0 Å². The summed E-state index contributed by atoms with van der Waals surface area (Å²) in [4.78, 5) is 8.48. The number of nitrogens with zero attached hydrogens (tertiary/aromatic N) is 2. The summed E-state index contributed by atoms with van der Waals surface area (Å²) in [6.45, 7) is 2.35. The van der Waals surface area contributed by atoms with E-state index in [0.717, 1.165) is 12.5 Å². The van der Waals surface area contributed by atoms with Crippen LogP contribution in [0.2, 0.25) is 0 Å². The molecule has 3 rings (SSSR count). The second-order valence-electron chi connectivity index (χ2n) is 6.02. The van der Waals surface area contributed by atoms with Crippen LogP contribution < -0.4 is 10.6 Å². The topological polar surface area (TPSA) is 49.8 Å². The van der Waals surface area contributed by atoms with E-state index in [1.165, 1.54) is 17.7 Å². The van der Waals surface area contributed by atoms with E-state index in [2.05, 4.69) is 20.6 Å². The molecule has 0 atom stereocenters. The van der Waals surface area contributed by atoms with Gasteiger partial charge >= 0.3 is 6.18 Å². The van der Waals surface area contributed by atoms with E-state index in [1.54, 1.807) is 19.1 Å². The molecule has 2 aromatic carbocycles. The fourth-order valence-corrected chi connectivity index (χ4v) is 2.68. The maximum Gasteiger partial charge on any atom is 0.418 e. The predicted molar refractivity (Wildman–Crippen MR) is 100 cm³/mol. The van der Waals surface area contributed by atoms with Gasteiger partial charge in [-0.1, -0.05) is 42.5 Å². The van der Waals surface area contributed by atoms with Crippen LogP contribution >= 0.6 is 0 Å². The molecule has 0 radical (unpaired) electrons. The predicted octanol–water partition coefficient (Wildman–Crippen LogP) is 5.20. The molecule has 7 heteroatoms. The fraction of sp³-hybridized carbons (Fsp3) is 0.200. The SMILES string of the molecule is Cc1nc(NCCc2ccccc2)cc(Nc2ccccc2C(F)(F)F)n1. The van der Waals surface area contributed by atoms with E-state index >= 15 is 0 Å². The minimum atomic E-state index is -4.44. The Balaban J connectivity index is 1.72. The molecule has 0 saturated heterocycles. The molecule has 1 aromatic heterocycles. The summed E-state index contributed by atoms with van der Waals surface area (Å²) in [7, 11) is 0. The smallest absolute Gasteiger partial charge is 0.370 e. The summed E-state index contributed by atoms with van der Waals surface area (Å²) >= 11 is 0. The minimum absolute atomic E-state index is 0.0432. The lowest BCUT2D eigenvalue weighted by Gasteiger charge is -2.15. The second-order valence-corrected chi connectivity index (χ2v) is 6.02.